The molecule has 0 heterocycles. The van der Waals surface area contributed by atoms with Gasteiger partial charge in [0.25, 0.3) is 0 Å². The molecule has 0 aliphatic rings. The van der Waals surface area contributed by atoms with Gasteiger partial charge < -0.3 is 11.5 Å². The summed E-state index contributed by atoms with van der Waals surface area (Å²) in [6.07, 6.45) is 0.957. The number of nitrogens with zero attached hydrogens (tertiary/aromatic N) is 2. The van der Waals surface area contributed by atoms with Gasteiger partial charge >= 0.3 is 0 Å². The van der Waals surface area contributed by atoms with Crippen LogP contribution in [0.5, 0.6) is 0 Å². The van der Waals surface area contributed by atoms with Gasteiger partial charge in [0.15, 0.2) is 5.96 Å². The molecule has 5 heteroatoms. The van der Waals surface area contributed by atoms with Crippen LogP contribution in [0.3, 0.4) is 0 Å². The summed E-state index contributed by atoms with van der Waals surface area (Å²) in [7, 11) is 0. The zero-order chi connectivity index (χ0) is 15.3. The Morgan fingerprint density at radius 3 is 2.25 bits per heavy atom. The van der Waals surface area contributed by atoms with E-state index in [9.17, 15) is 0 Å². The highest BCUT2D eigenvalue weighted by Crippen LogP contribution is 2.26. The minimum absolute atomic E-state index is 0.0189. The van der Waals surface area contributed by atoms with E-state index in [4.69, 9.17) is 23.1 Å². The first-order chi connectivity index (χ1) is 9.31. The molecule has 0 bridgehead atoms. The van der Waals surface area contributed by atoms with Crippen LogP contribution < -0.4 is 11.5 Å². The summed E-state index contributed by atoms with van der Waals surface area (Å²) in [5.74, 6) is 0.0189. The molecule has 0 fully saturated rings. The van der Waals surface area contributed by atoms with E-state index in [2.05, 4.69) is 37.6 Å². The lowest BCUT2D eigenvalue weighted by atomic mass is 10.1. The highest BCUT2D eigenvalue weighted by molar-refractivity contribution is 6.33. The summed E-state index contributed by atoms with van der Waals surface area (Å²) < 4.78 is 0. The Labute approximate surface area is 126 Å². The van der Waals surface area contributed by atoms with Crippen molar-refractivity contribution in [2.24, 2.45) is 16.5 Å². The molecule has 112 valence electrons. The van der Waals surface area contributed by atoms with Gasteiger partial charge in [0, 0.05) is 18.6 Å². The molecule has 1 aromatic carbocycles. The van der Waals surface area contributed by atoms with E-state index < -0.39 is 0 Å². The minimum Gasteiger partial charge on any atom is -0.370 e. The third kappa shape index (κ3) is 5.02. The lowest BCUT2D eigenvalue weighted by Gasteiger charge is -2.30. The Hall–Kier alpha value is -1.26. The van der Waals surface area contributed by atoms with Crippen molar-refractivity contribution in [2.75, 3.05) is 6.54 Å². The van der Waals surface area contributed by atoms with Gasteiger partial charge in [-0.1, -0.05) is 17.7 Å². The average molecular weight is 297 g/mol. The summed E-state index contributed by atoms with van der Waals surface area (Å²) in [4.78, 5) is 6.44. The smallest absolute Gasteiger partial charge is 0.191 e. The Kier molecular flexibility index (Phi) is 6.30. The van der Waals surface area contributed by atoms with E-state index >= 15 is 0 Å². The second-order valence-electron chi connectivity index (χ2n) is 5.50. The predicted molar refractivity (Wildman–Crippen MR) is 87.6 cm³/mol. The number of hydrogen-bond acceptors (Lipinski definition) is 2. The van der Waals surface area contributed by atoms with E-state index in [1.807, 2.05) is 18.2 Å². The van der Waals surface area contributed by atoms with Gasteiger partial charge in [-0.25, -0.2) is 4.99 Å². The zero-order valence-corrected chi connectivity index (χ0v) is 13.5. The molecule has 0 aliphatic carbocycles. The molecule has 0 atom stereocenters. The van der Waals surface area contributed by atoms with Crippen molar-refractivity contribution >= 4 is 23.2 Å². The quantitative estimate of drug-likeness (QED) is 0.626. The summed E-state index contributed by atoms with van der Waals surface area (Å²) in [5.41, 5.74) is 12.5. The molecule has 0 amide bonds. The van der Waals surface area contributed by atoms with Crippen molar-refractivity contribution in [2.45, 2.75) is 46.2 Å². The molecule has 4 nitrogen and oxygen atoms in total. The van der Waals surface area contributed by atoms with Gasteiger partial charge in [0.1, 0.15) is 0 Å². The third-order valence-electron chi connectivity index (χ3n) is 3.25. The number of hydrogen-bond donors (Lipinski definition) is 2. The van der Waals surface area contributed by atoms with Gasteiger partial charge in [0.05, 0.1) is 10.7 Å². The fraction of sp³-hybridized carbons (Fsp3) is 0.533. The largest absolute Gasteiger partial charge is 0.370 e. The Balaban J connectivity index is 2.75. The Morgan fingerprint density at radius 2 is 1.80 bits per heavy atom. The molecule has 1 rings (SSSR count). The number of aliphatic imine (C=N–C) groups is 1. The maximum Gasteiger partial charge on any atom is 0.191 e. The lowest BCUT2D eigenvalue weighted by Crippen LogP contribution is -2.38. The summed E-state index contributed by atoms with van der Waals surface area (Å²) in [6, 6.07) is 6.87. The maximum absolute atomic E-state index is 6.18. The van der Waals surface area contributed by atoms with E-state index in [1.165, 1.54) is 5.56 Å². The fourth-order valence-electron chi connectivity index (χ4n) is 2.31. The van der Waals surface area contributed by atoms with Crippen molar-refractivity contribution in [3.8, 4) is 0 Å². The Morgan fingerprint density at radius 1 is 1.20 bits per heavy atom. The monoisotopic (exact) mass is 296 g/mol. The van der Waals surface area contributed by atoms with Crippen LogP contribution in [0.1, 0.15) is 33.3 Å². The SMILES string of the molecule is CC(C)N(CCc1ccc(N=C(N)N)c(Cl)c1)C(C)C. The molecule has 0 unspecified atom stereocenters. The molecule has 20 heavy (non-hydrogen) atoms. The molecule has 0 aliphatic heterocycles. The second kappa shape index (κ2) is 7.50. The van der Waals surface area contributed by atoms with Gasteiger partial charge in [-0.2, -0.15) is 0 Å². The van der Waals surface area contributed by atoms with Gasteiger partial charge in [-0.15, -0.1) is 0 Å². The number of halogens is 1. The fourth-order valence-corrected chi connectivity index (χ4v) is 2.55. The van der Waals surface area contributed by atoms with Gasteiger partial charge in [-0.05, 0) is 51.8 Å². The first-order valence-corrected chi connectivity index (χ1v) is 7.33. The number of nitrogens with two attached hydrogens (primary N) is 2. The van der Waals surface area contributed by atoms with E-state index in [-0.39, 0.29) is 5.96 Å². The van der Waals surface area contributed by atoms with Crippen LogP contribution in [0.2, 0.25) is 5.02 Å². The lowest BCUT2D eigenvalue weighted by molar-refractivity contribution is 0.177. The van der Waals surface area contributed by atoms with Crippen LogP contribution in [-0.4, -0.2) is 29.5 Å². The van der Waals surface area contributed by atoms with Crippen LogP contribution in [0.25, 0.3) is 0 Å². The van der Waals surface area contributed by atoms with Crippen LogP contribution in [0, 0.1) is 0 Å². The van der Waals surface area contributed by atoms with Crippen molar-refractivity contribution in [1.29, 1.82) is 0 Å². The number of rotatable bonds is 6. The number of guanidine groups is 1. The predicted octanol–water partition coefficient (Wildman–Crippen LogP) is 2.91. The highest BCUT2D eigenvalue weighted by atomic mass is 35.5. The Bertz CT molecular complexity index is 457. The molecule has 0 radical (unpaired) electrons. The van der Waals surface area contributed by atoms with E-state index in [0.29, 0.717) is 22.8 Å². The van der Waals surface area contributed by atoms with Crippen LogP contribution in [0.4, 0.5) is 5.69 Å². The van der Waals surface area contributed by atoms with Gasteiger partial charge in [-0.3, -0.25) is 4.90 Å². The van der Waals surface area contributed by atoms with Crippen molar-refractivity contribution < 1.29 is 0 Å². The molecule has 4 N–H and O–H groups in total. The van der Waals surface area contributed by atoms with Crippen LogP contribution in [0.15, 0.2) is 23.2 Å². The molecular weight excluding hydrogens is 272 g/mol. The molecular formula is C15H25ClN4. The van der Waals surface area contributed by atoms with E-state index in [1.54, 1.807) is 0 Å². The van der Waals surface area contributed by atoms with Crippen LogP contribution >= 0.6 is 11.6 Å². The second-order valence-corrected chi connectivity index (χ2v) is 5.90. The molecule has 0 saturated heterocycles. The zero-order valence-electron chi connectivity index (χ0n) is 12.7. The highest BCUT2D eigenvalue weighted by Gasteiger charge is 2.13. The maximum atomic E-state index is 6.18. The van der Waals surface area contributed by atoms with E-state index in [0.717, 1.165) is 13.0 Å². The molecule has 0 spiro atoms. The normalized spacial score (nSPS) is 11.4. The van der Waals surface area contributed by atoms with Gasteiger partial charge in [0.2, 0.25) is 0 Å². The van der Waals surface area contributed by atoms with Crippen molar-refractivity contribution in [3.05, 3.63) is 28.8 Å². The first-order valence-electron chi connectivity index (χ1n) is 6.95. The third-order valence-corrected chi connectivity index (χ3v) is 3.55. The first kappa shape index (κ1) is 16.8. The van der Waals surface area contributed by atoms with Crippen molar-refractivity contribution in [1.82, 2.24) is 4.90 Å². The topological polar surface area (TPSA) is 67.6 Å². The summed E-state index contributed by atoms with van der Waals surface area (Å²) in [5, 5.41) is 0.580. The van der Waals surface area contributed by atoms with Crippen LogP contribution in [-0.2, 0) is 6.42 Å². The molecule has 0 saturated carbocycles. The van der Waals surface area contributed by atoms with Crippen molar-refractivity contribution in [3.63, 3.8) is 0 Å². The molecule has 1 aromatic rings. The standard InChI is InChI=1S/C15H25ClN4/c1-10(2)20(11(3)4)8-7-12-5-6-14(13(16)9-12)19-15(17)18/h5-6,9-11H,7-8H2,1-4H3,(H4,17,18,19). The number of benzene rings is 1. The summed E-state index contributed by atoms with van der Waals surface area (Å²) in [6.45, 7) is 9.88. The average Bonchev–Trinajstić information content (AvgIpc) is 2.31. The molecule has 0 aromatic heterocycles. The minimum atomic E-state index is 0.0189. The summed E-state index contributed by atoms with van der Waals surface area (Å²) >= 11 is 6.18.